The summed E-state index contributed by atoms with van der Waals surface area (Å²) < 4.78 is 5.26. The largest absolute Gasteiger partial charge is 0.497 e. The molecule has 0 aliphatic heterocycles. The summed E-state index contributed by atoms with van der Waals surface area (Å²) in [6.45, 7) is 0. The molecule has 0 saturated carbocycles. The van der Waals surface area contributed by atoms with Crippen molar-refractivity contribution >= 4 is 35.0 Å². The molecule has 5 nitrogen and oxygen atoms in total. The van der Waals surface area contributed by atoms with Crippen LogP contribution in [-0.2, 0) is 4.79 Å². The number of hydrogen-bond donors (Lipinski definition) is 1. The second-order valence-corrected chi connectivity index (χ2v) is 8.69. The van der Waals surface area contributed by atoms with E-state index in [-0.39, 0.29) is 11.7 Å². The number of aromatic nitrogens is 1. The van der Waals surface area contributed by atoms with Crippen molar-refractivity contribution < 1.29 is 9.53 Å². The maximum absolute atomic E-state index is 12.5. The number of anilines is 1. The molecule has 3 aromatic carbocycles. The quantitative estimate of drug-likeness (QED) is 0.295. The summed E-state index contributed by atoms with van der Waals surface area (Å²) in [7, 11) is 1.61. The lowest BCUT2D eigenvalue weighted by atomic mass is 9.99. The number of methoxy groups -OCH3 is 1. The summed E-state index contributed by atoms with van der Waals surface area (Å²) in [5.41, 5.74) is 4.27. The van der Waals surface area contributed by atoms with Crippen molar-refractivity contribution in [2.45, 2.75) is 5.03 Å². The zero-order chi connectivity index (χ0) is 23.9. The second-order valence-electron chi connectivity index (χ2n) is 7.29. The molecule has 1 amide bonds. The molecule has 0 spiro atoms. The first-order valence-corrected chi connectivity index (χ1v) is 11.8. The standard InChI is InChI=1S/C27H20ClN3O2S/c1-33-22-13-9-18(10-14-22)23-15-25(19-7-11-20(28)12-8-19)31-27(24(23)16-29)34-17-26(32)30-21-5-3-2-4-6-21/h2-15H,17H2,1H3,(H,30,32). The maximum Gasteiger partial charge on any atom is 0.234 e. The van der Waals surface area contributed by atoms with E-state index >= 15 is 0 Å². The number of rotatable bonds is 7. The zero-order valence-electron chi connectivity index (χ0n) is 18.3. The first-order valence-electron chi connectivity index (χ1n) is 10.4. The highest BCUT2D eigenvalue weighted by Gasteiger charge is 2.17. The summed E-state index contributed by atoms with van der Waals surface area (Å²) in [6, 6.07) is 28.3. The molecule has 168 valence electrons. The molecule has 0 bridgehead atoms. The van der Waals surface area contributed by atoms with Gasteiger partial charge in [0.15, 0.2) is 0 Å². The molecule has 0 radical (unpaired) electrons. The number of nitriles is 1. The molecule has 1 aromatic heterocycles. The lowest BCUT2D eigenvalue weighted by Gasteiger charge is -2.13. The highest BCUT2D eigenvalue weighted by molar-refractivity contribution is 8.00. The Morgan fingerprint density at radius 3 is 2.35 bits per heavy atom. The van der Waals surface area contributed by atoms with Crippen molar-refractivity contribution in [1.29, 1.82) is 5.26 Å². The lowest BCUT2D eigenvalue weighted by molar-refractivity contribution is -0.113. The van der Waals surface area contributed by atoms with Crippen molar-refractivity contribution in [2.24, 2.45) is 0 Å². The topological polar surface area (TPSA) is 75.0 Å². The highest BCUT2D eigenvalue weighted by atomic mass is 35.5. The SMILES string of the molecule is COc1ccc(-c2cc(-c3ccc(Cl)cc3)nc(SCC(=O)Nc3ccccc3)c2C#N)cc1. The van der Waals surface area contributed by atoms with Crippen LogP contribution in [0.3, 0.4) is 0 Å². The Bertz CT molecular complexity index is 1340. The Balaban J connectivity index is 1.71. The third kappa shape index (κ3) is 5.57. The van der Waals surface area contributed by atoms with Crippen LogP contribution in [0.5, 0.6) is 5.75 Å². The molecule has 0 aliphatic carbocycles. The van der Waals surface area contributed by atoms with E-state index in [0.717, 1.165) is 28.1 Å². The normalized spacial score (nSPS) is 10.4. The average molecular weight is 486 g/mol. The van der Waals surface area contributed by atoms with Gasteiger partial charge in [0.05, 0.1) is 24.1 Å². The number of carbonyl (C=O) groups excluding carboxylic acids is 1. The van der Waals surface area contributed by atoms with E-state index < -0.39 is 0 Å². The molecule has 0 atom stereocenters. The number of amides is 1. The fourth-order valence-corrected chi connectivity index (χ4v) is 4.28. The molecular formula is C27H20ClN3O2S. The van der Waals surface area contributed by atoms with Gasteiger partial charge >= 0.3 is 0 Å². The van der Waals surface area contributed by atoms with Crippen LogP contribution in [0.2, 0.25) is 5.02 Å². The van der Waals surface area contributed by atoms with Crippen molar-refractivity contribution in [2.75, 3.05) is 18.2 Å². The number of carbonyl (C=O) groups is 1. The van der Waals surface area contributed by atoms with E-state index in [1.54, 1.807) is 19.2 Å². The fraction of sp³-hybridized carbons (Fsp3) is 0.0741. The van der Waals surface area contributed by atoms with Crippen LogP contribution in [0.25, 0.3) is 22.4 Å². The molecule has 34 heavy (non-hydrogen) atoms. The van der Waals surface area contributed by atoms with Crippen LogP contribution in [-0.4, -0.2) is 23.8 Å². The van der Waals surface area contributed by atoms with E-state index in [1.807, 2.05) is 72.8 Å². The predicted molar refractivity (Wildman–Crippen MR) is 137 cm³/mol. The van der Waals surface area contributed by atoms with Gasteiger partial charge in [-0.3, -0.25) is 4.79 Å². The maximum atomic E-state index is 12.5. The van der Waals surface area contributed by atoms with Gasteiger partial charge in [0, 0.05) is 21.8 Å². The van der Waals surface area contributed by atoms with E-state index in [9.17, 15) is 10.1 Å². The van der Waals surface area contributed by atoms with Crippen LogP contribution < -0.4 is 10.1 Å². The molecule has 7 heteroatoms. The second kappa shape index (κ2) is 10.9. The first-order chi connectivity index (χ1) is 16.6. The summed E-state index contributed by atoms with van der Waals surface area (Å²) in [6.07, 6.45) is 0. The molecule has 0 fully saturated rings. The van der Waals surface area contributed by atoms with Gasteiger partial charge < -0.3 is 10.1 Å². The number of halogens is 1. The number of pyridine rings is 1. The molecule has 1 heterocycles. The summed E-state index contributed by atoms with van der Waals surface area (Å²) in [5.74, 6) is 0.661. The van der Waals surface area contributed by atoms with Crippen LogP contribution in [0.1, 0.15) is 5.56 Å². The summed E-state index contributed by atoms with van der Waals surface area (Å²) in [4.78, 5) is 17.3. The minimum absolute atomic E-state index is 0.114. The molecular weight excluding hydrogens is 466 g/mol. The number of ether oxygens (including phenoxy) is 1. The lowest BCUT2D eigenvalue weighted by Crippen LogP contribution is -2.14. The fourth-order valence-electron chi connectivity index (χ4n) is 3.35. The number of nitrogens with zero attached hydrogens (tertiary/aromatic N) is 2. The number of thioether (sulfide) groups is 1. The van der Waals surface area contributed by atoms with Crippen molar-refractivity contribution in [3.8, 4) is 34.2 Å². The number of para-hydroxylation sites is 1. The minimum atomic E-state index is -0.176. The van der Waals surface area contributed by atoms with Gasteiger partial charge in [-0.05, 0) is 48.0 Å². The smallest absolute Gasteiger partial charge is 0.234 e. The van der Waals surface area contributed by atoms with E-state index in [2.05, 4.69) is 11.4 Å². The van der Waals surface area contributed by atoms with Gasteiger partial charge in [-0.2, -0.15) is 5.26 Å². The molecule has 0 unspecified atom stereocenters. The summed E-state index contributed by atoms with van der Waals surface area (Å²) >= 11 is 7.29. The van der Waals surface area contributed by atoms with Crippen molar-refractivity contribution in [1.82, 2.24) is 4.98 Å². The Kier molecular flexibility index (Phi) is 7.48. The third-order valence-electron chi connectivity index (χ3n) is 5.04. The Hall–Kier alpha value is -3.79. The van der Waals surface area contributed by atoms with Crippen LogP contribution in [0.15, 0.2) is 90.0 Å². The number of nitrogens with one attached hydrogen (secondary N) is 1. The Labute approximate surface area is 207 Å². The van der Waals surface area contributed by atoms with E-state index in [0.29, 0.717) is 21.3 Å². The van der Waals surface area contributed by atoms with Gasteiger partial charge in [-0.1, -0.05) is 65.8 Å². The van der Waals surface area contributed by atoms with Gasteiger partial charge in [0.2, 0.25) is 5.91 Å². The van der Waals surface area contributed by atoms with Crippen molar-refractivity contribution in [3.63, 3.8) is 0 Å². The molecule has 4 aromatic rings. The third-order valence-corrected chi connectivity index (χ3v) is 6.26. The minimum Gasteiger partial charge on any atom is -0.497 e. The van der Waals surface area contributed by atoms with Crippen LogP contribution >= 0.6 is 23.4 Å². The van der Waals surface area contributed by atoms with Gasteiger partial charge in [-0.15, -0.1) is 0 Å². The number of hydrogen-bond acceptors (Lipinski definition) is 5. The summed E-state index contributed by atoms with van der Waals surface area (Å²) in [5, 5.41) is 14.0. The molecule has 0 aliphatic rings. The highest BCUT2D eigenvalue weighted by Crippen LogP contribution is 2.35. The number of benzene rings is 3. The van der Waals surface area contributed by atoms with Gasteiger partial charge in [0.1, 0.15) is 16.8 Å². The van der Waals surface area contributed by atoms with Gasteiger partial charge in [0.25, 0.3) is 0 Å². The predicted octanol–water partition coefficient (Wildman–Crippen LogP) is 6.68. The first kappa shape index (κ1) is 23.4. The van der Waals surface area contributed by atoms with Crippen molar-refractivity contribution in [3.05, 3.63) is 95.5 Å². The zero-order valence-corrected chi connectivity index (χ0v) is 19.9. The molecule has 4 rings (SSSR count). The van der Waals surface area contributed by atoms with Crippen LogP contribution in [0.4, 0.5) is 5.69 Å². The van der Waals surface area contributed by atoms with E-state index in [1.165, 1.54) is 11.8 Å². The van der Waals surface area contributed by atoms with Crippen LogP contribution in [0, 0.1) is 11.3 Å². The van der Waals surface area contributed by atoms with Gasteiger partial charge in [-0.25, -0.2) is 4.98 Å². The Morgan fingerprint density at radius 2 is 1.71 bits per heavy atom. The molecule has 1 N–H and O–H groups in total. The molecule has 0 saturated heterocycles. The van der Waals surface area contributed by atoms with E-state index in [4.69, 9.17) is 21.3 Å². The monoisotopic (exact) mass is 485 g/mol. The Morgan fingerprint density at radius 1 is 1.03 bits per heavy atom. The average Bonchev–Trinajstić information content (AvgIpc) is 2.88.